The summed E-state index contributed by atoms with van der Waals surface area (Å²) in [5.41, 5.74) is 4.59. The van der Waals surface area contributed by atoms with E-state index in [1.165, 1.54) is 57.4 Å². The average Bonchev–Trinajstić information content (AvgIpc) is 2.70. The van der Waals surface area contributed by atoms with Crippen molar-refractivity contribution in [3.8, 4) is 5.75 Å². The molecule has 0 unspecified atom stereocenters. The van der Waals surface area contributed by atoms with Crippen molar-refractivity contribution in [2.24, 2.45) is 11.7 Å². The maximum Gasteiger partial charge on any atom is 0.265 e. The largest absolute Gasteiger partial charge is 0.494 e. The molecule has 27 heavy (non-hydrogen) atoms. The Labute approximate surface area is 162 Å². The number of nitrogens with one attached hydrogen (secondary N) is 2. The highest BCUT2D eigenvalue weighted by atomic mass is 16.5. The second kappa shape index (κ2) is 14.0. The predicted molar refractivity (Wildman–Crippen MR) is 107 cm³/mol. The summed E-state index contributed by atoms with van der Waals surface area (Å²) in [5.74, 6) is 9.78. The Kier molecular flexibility index (Phi) is 11.9. The van der Waals surface area contributed by atoms with Gasteiger partial charge in [0.25, 0.3) is 11.8 Å². The van der Waals surface area contributed by atoms with Crippen LogP contribution in [0.1, 0.15) is 91.8 Å². The van der Waals surface area contributed by atoms with Crippen molar-refractivity contribution in [3.05, 3.63) is 29.3 Å². The number of nitrogen functional groups attached to an aromatic ring is 2. The van der Waals surface area contributed by atoms with Gasteiger partial charge in [-0.3, -0.25) is 20.4 Å². The van der Waals surface area contributed by atoms with Crippen molar-refractivity contribution >= 4 is 11.8 Å². The third-order valence-corrected chi connectivity index (χ3v) is 4.46. The first-order chi connectivity index (χ1) is 13.1. The molecule has 0 aliphatic carbocycles. The van der Waals surface area contributed by atoms with E-state index in [4.69, 9.17) is 16.4 Å². The Balaban J connectivity index is 2.33. The number of carbonyl (C=O) groups excluding carboxylic acids is 2. The van der Waals surface area contributed by atoms with Crippen LogP contribution in [0.4, 0.5) is 0 Å². The number of carbonyl (C=O) groups is 2. The minimum atomic E-state index is -0.495. The van der Waals surface area contributed by atoms with Crippen LogP contribution in [0.25, 0.3) is 0 Å². The molecular weight excluding hydrogens is 344 g/mol. The summed E-state index contributed by atoms with van der Waals surface area (Å²) in [5, 5.41) is 0. The topological polar surface area (TPSA) is 119 Å². The fraction of sp³-hybridized carbons (Fsp3) is 0.600. The quantitative estimate of drug-likeness (QED) is 0.171. The van der Waals surface area contributed by atoms with Gasteiger partial charge in [0.05, 0.1) is 6.61 Å². The molecule has 0 aliphatic heterocycles. The van der Waals surface area contributed by atoms with Crippen LogP contribution < -0.4 is 27.3 Å². The summed E-state index contributed by atoms with van der Waals surface area (Å²) in [6.07, 6.45) is 12.5. The van der Waals surface area contributed by atoms with E-state index >= 15 is 0 Å². The number of hydrazine groups is 2. The highest BCUT2D eigenvalue weighted by molar-refractivity contribution is 5.99. The van der Waals surface area contributed by atoms with Crippen molar-refractivity contribution in [1.82, 2.24) is 10.9 Å². The second-order valence-corrected chi connectivity index (χ2v) is 6.72. The predicted octanol–water partition coefficient (Wildman–Crippen LogP) is 3.19. The minimum absolute atomic E-state index is 0.247. The summed E-state index contributed by atoms with van der Waals surface area (Å²) in [6, 6.07) is 4.54. The molecule has 0 heterocycles. The molecule has 152 valence electrons. The Morgan fingerprint density at radius 2 is 1.22 bits per heavy atom. The molecule has 1 aromatic carbocycles. The Hall–Kier alpha value is -2.12. The van der Waals surface area contributed by atoms with Gasteiger partial charge < -0.3 is 4.74 Å². The molecule has 2 amide bonds. The van der Waals surface area contributed by atoms with E-state index in [1.54, 1.807) is 12.1 Å². The van der Waals surface area contributed by atoms with E-state index in [1.807, 2.05) is 10.9 Å². The lowest BCUT2D eigenvalue weighted by Crippen LogP contribution is -2.32. The average molecular weight is 379 g/mol. The van der Waals surface area contributed by atoms with Crippen LogP contribution in [0.15, 0.2) is 18.2 Å². The van der Waals surface area contributed by atoms with Gasteiger partial charge in [0, 0.05) is 11.1 Å². The SMILES string of the molecule is CCCCCCCCCCCCOc1cc(C(=O)NN)cc(C(=O)NN)c1. The molecule has 0 aliphatic rings. The molecule has 0 bridgehead atoms. The van der Waals surface area contributed by atoms with Crippen LogP contribution in [0.3, 0.4) is 0 Å². The third-order valence-electron chi connectivity index (χ3n) is 4.46. The minimum Gasteiger partial charge on any atom is -0.494 e. The fourth-order valence-corrected chi connectivity index (χ4v) is 2.89. The monoisotopic (exact) mass is 378 g/mol. The van der Waals surface area contributed by atoms with Crippen LogP contribution in [-0.4, -0.2) is 18.4 Å². The molecule has 0 atom stereocenters. The van der Waals surface area contributed by atoms with Gasteiger partial charge >= 0.3 is 0 Å². The first-order valence-electron chi connectivity index (χ1n) is 9.92. The van der Waals surface area contributed by atoms with Crippen molar-refractivity contribution in [3.63, 3.8) is 0 Å². The molecule has 1 aromatic rings. The maximum atomic E-state index is 11.7. The number of amides is 2. The van der Waals surface area contributed by atoms with Crippen LogP contribution in [0, 0.1) is 0 Å². The lowest BCUT2D eigenvalue weighted by atomic mass is 10.1. The fourth-order valence-electron chi connectivity index (χ4n) is 2.89. The van der Waals surface area contributed by atoms with Crippen molar-refractivity contribution < 1.29 is 14.3 Å². The second-order valence-electron chi connectivity index (χ2n) is 6.72. The zero-order valence-corrected chi connectivity index (χ0v) is 16.4. The molecule has 0 saturated carbocycles. The lowest BCUT2D eigenvalue weighted by Gasteiger charge is -2.10. The van der Waals surface area contributed by atoms with Gasteiger partial charge in [-0.25, -0.2) is 11.7 Å². The molecule has 0 saturated heterocycles. The number of ether oxygens (including phenoxy) is 1. The van der Waals surface area contributed by atoms with Crippen LogP contribution in [-0.2, 0) is 0 Å². The number of hydrogen-bond acceptors (Lipinski definition) is 5. The number of rotatable bonds is 14. The van der Waals surface area contributed by atoms with E-state index in [9.17, 15) is 9.59 Å². The Morgan fingerprint density at radius 3 is 1.67 bits per heavy atom. The highest BCUT2D eigenvalue weighted by Gasteiger charge is 2.12. The summed E-state index contributed by atoms with van der Waals surface area (Å²) >= 11 is 0. The van der Waals surface area contributed by atoms with Crippen molar-refractivity contribution in [2.75, 3.05) is 6.61 Å². The standard InChI is InChI=1S/C20H34N4O3/c1-2-3-4-5-6-7-8-9-10-11-12-27-18-14-16(19(25)23-21)13-17(15-18)20(26)24-22/h13-15H,2-12,21-22H2,1H3,(H,23,25)(H,24,26). The number of unbranched alkanes of at least 4 members (excludes halogenated alkanes) is 9. The van der Waals surface area contributed by atoms with Crippen LogP contribution in [0.2, 0.25) is 0 Å². The summed E-state index contributed by atoms with van der Waals surface area (Å²) in [4.78, 5) is 23.5. The van der Waals surface area contributed by atoms with Gasteiger partial charge in [-0.2, -0.15) is 0 Å². The van der Waals surface area contributed by atoms with Gasteiger partial charge in [-0.1, -0.05) is 64.7 Å². The third kappa shape index (κ3) is 9.40. The molecule has 7 nitrogen and oxygen atoms in total. The Morgan fingerprint density at radius 1 is 0.778 bits per heavy atom. The zero-order valence-electron chi connectivity index (χ0n) is 16.4. The highest BCUT2D eigenvalue weighted by Crippen LogP contribution is 2.18. The van der Waals surface area contributed by atoms with E-state index in [-0.39, 0.29) is 11.1 Å². The van der Waals surface area contributed by atoms with Gasteiger partial charge in [0.2, 0.25) is 0 Å². The van der Waals surface area contributed by atoms with Gasteiger partial charge in [-0.15, -0.1) is 0 Å². The van der Waals surface area contributed by atoms with E-state index in [0.29, 0.717) is 12.4 Å². The summed E-state index contributed by atoms with van der Waals surface area (Å²) in [6.45, 7) is 2.77. The zero-order chi connectivity index (χ0) is 19.9. The van der Waals surface area contributed by atoms with Crippen molar-refractivity contribution in [2.45, 2.75) is 71.1 Å². The first kappa shape index (κ1) is 22.9. The number of hydrogen-bond donors (Lipinski definition) is 4. The molecule has 0 radical (unpaired) electrons. The smallest absolute Gasteiger partial charge is 0.265 e. The molecule has 0 spiro atoms. The Bertz CT molecular complexity index is 544. The molecular formula is C20H34N4O3. The molecule has 0 fully saturated rings. The van der Waals surface area contributed by atoms with Crippen LogP contribution in [0.5, 0.6) is 5.75 Å². The number of nitrogens with two attached hydrogens (primary N) is 2. The van der Waals surface area contributed by atoms with Crippen LogP contribution >= 0.6 is 0 Å². The van der Waals surface area contributed by atoms with E-state index in [2.05, 4.69) is 6.92 Å². The van der Waals surface area contributed by atoms with Gasteiger partial charge in [0.1, 0.15) is 5.75 Å². The summed E-state index contributed by atoms with van der Waals surface area (Å²) < 4.78 is 5.71. The lowest BCUT2D eigenvalue weighted by molar-refractivity contribution is 0.0953. The maximum absolute atomic E-state index is 11.7. The van der Waals surface area contributed by atoms with Gasteiger partial charge in [-0.05, 0) is 24.6 Å². The first-order valence-corrected chi connectivity index (χ1v) is 9.92. The van der Waals surface area contributed by atoms with E-state index < -0.39 is 11.8 Å². The number of benzene rings is 1. The summed E-state index contributed by atoms with van der Waals surface area (Å²) in [7, 11) is 0. The molecule has 0 aromatic heterocycles. The van der Waals surface area contributed by atoms with E-state index in [0.717, 1.165) is 12.8 Å². The molecule has 6 N–H and O–H groups in total. The normalized spacial score (nSPS) is 10.5. The van der Waals surface area contributed by atoms with Gasteiger partial charge in [0.15, 0.2) is 0 Å². The van der Waals surface area contributed by atoms with Crippen molar-refractivity contribution in [1.29, 1.82) is 0 Å². The molecule has 7 heteroatoms. The molecule has 1 rings (SSSR count).